The van der Waals surface area contributed by atoms with Crippen molar-refractivity contribution in [2.45, 2.75) is 6.54 Å². The van der Waals surface area contributed by atoms with Crippen molar-refractivity contribution in [2.24, 2.45) is 0 Å². The highest BCUT2D eigenvalue weighted by Crippen LogP contribution is 2.24. The molecule has 4 N–H and O–H groups in total. The van der Waals surface area contributed by atoms with Crippen molar-refractivity contribution in [3.05, 3.63) is 42.1 Å². The summed E-state index contributed by atoms with van der Waals surface area (Å²) < 4.78 is 0. The number of anilines is 2. The van der Waals surface area contributed by atoms with Gasteiger partial charge in [0.15, 0.2) is 5.65 Å². The second kappa shape index (κ2) is 5.76. The Morgan fingerprint density at radius 2 is 2.00 bits per heavy atom. The topological polar surface area (TPSA) is 104 Å². The van der Waals surface area contributed by atoms with Gasteiger partial charge < -0.3 is 15.7 Å². The predicted octanol–water partition coefficient (Wildman–Crippen LogP) is 0.934. The van der Waals surface area contributed by atoms with E-state index >= 15 is 0 Å². The van der Waals surface area contributed by atoms with E-state index in [1.807, 2.05) is 35.2 Å². The van der Waals surface area contributed by atoms with Crippen molar-refractivity contribution >= 4 is 22.8 Å². The molecule has 0 radical (unpaired) electrons. The third-order valence-electron chi connectivity index (χ3n) is 3.19. The Morgan fingerprint density at radius 1 is 1.19 bits per heavy atom. The molecule has 0 aliphatic carbocycles. The van der Waals surface area contributed by atoms with Gasteiger partial charge in [0.1, 0.15) is 5.82 Å². The summed E-state index contributed by atoms with van der Waals surface area (Å²) in [5.41, 5.74) is 7.47. The molecule has 7 heteroatoms. The van der Waals surface area contributed by atoms with Crippen LogP contribution in [-0.4, -0.2) is 38.4 Å². The van der Waals surface area contributed by atoms with Crippen LogP contribution >= 0.6 is 0 Å². The number of aromatic amines is 1. The van der Waals surface area contributed by atoms with E-state index in [9.17, 15) is 5.11 Å². The van der Waals surface area contributed by atoms with Gasteiger partial charge in [-0.15, -0.1) is 0 Å². The summed E-state index contributed by atoms with van der Waals surface area (Å²) in [6.45, 7) is 1.10. The molecule has 0 unspecified atom stereocenters. The van der Waals surface area contributed by atoms with Crippen LogP contribution in [0.3, 0.4) is 0 Å². The number of aliphatic hydroxyl groups excluding tert-OH is 1. The van der Waals surface area contributed by atoms with Crippen LogP contribution in [0.25, 0.3) is 11.0 Å². The zero-order valence-electron chi connectivity index (χ0n) is 11.4. The van der Waals surface area contributed by atoms with E-state index < -0.39 is 0 Å². The second-order valence-corrected chi connectivity index (χ2v) is 4.67. The first kappa shape index (κ1) is 13.3. The molecule has 0 atom stereocenters. The fourth-order valence-electron chi connectivity index (χ4n) is 2.26. The van der Waals surface area contributed by atoms with Crippen LogP contribution in [0.4, 0.5) is 11.8 Å². The number of nitrogens with one attached hydrogen (secondary N) is 1. The van der Waals surface area contributed by atoms with Gasteiger partial charge in [-0.2, -0.15) is 15.1 Å². The molecule has 0 saturated carbocycles. The highest BCUT2D eigenvalue weighted by molar-refractivity contribution is 5.87. The van der Waals surface area contributed by atoms with Gasteiger partial charge in [-0.3, -0.25) is 5.10 Å². The van der Waals surface area contributed by atoms with Crippen molar-refractivity contribution in [1.82, 2.24) is 20.2 Å². The van der Waals surface area contributed by atoms with Crippen molar-refractivity contribution in [2.75, 3.05) is 23.8 Å². The van der Waals surface area contributed by atoms with Gasteiger partial charge in [0.05, 0.1) is 18.2 Å². The highest BCUT2D eigenvalue weighted by Gasteiger charge is 2.15. The zero-order valence-corrected chi connectivity index (χ0v) is 11.4. The molecule has 2 aromatic heterocycles. The fraction of sp³-hybridized carbons (Fsp3) is 0.214. The van der Waals surface area contributed by atoms with Crippen molar-refractivity contribution in [3.63, 3.8) is 0 Å². The van der Waals surface area contributed by atoms with Crippen molar-refractivity contribution in [1.29, 1.82) is 0 Å². The Morgan fingerprint density at radius 3 is 2.76 bits per heavy atom. The number of hydrogen-bond acceptors (Lipinski definition) is 6. The molecule has 21 heavy (non-hydrogen) atoms. The standard InChI is InChI=1S/C14H16N6O/c15-14-17-12-11(8-16-19-12)13(18-14)20(6-7-21)9-10-4-2-1-3-5-10/h1-5,8,21H,6-7,9H2,(H3,15,16,17,18,19). The van der Waals surface area contributed by atoms with Gasteiger partial charge in [0, 0.05) is 13.1 Å². The van der Waals surface area contributed by atoms with E-state index in [4.69, 9.17) is 5.73 Å². The van der Waals surface area contributed by atoms with Gasteiger partial charge in [0.2, 0.25) is 5.95 Å². The molecule has 1 aromatic carbocycles. The van der Waals surface area contributed by atoms with Gasteiger partial charge in [-0.1, -0.05) is 30.3 Å². The van der Waals surface area contributed by atoms with Gasteiger partial charge in [-0.25, -0.2) is 0 Å². The molecule has 2 heterocycles. The summed E-state index contributed by atoms with van der Waals surface area (Å²) in [5.74, 6) is 0.849. The molecular formula is C14H16N6O. The molecule has 3 aromatic rings. The number of H-pyrrole nitrogens is 1. The minimum absolute atomic E-state index is 0.0239. The largest absolute Gasteiger partial charge is 0.395 e. The van der Waals surface area contributed by atoms with Crippen LogP contribution in [-0.2, 0) is 6.54 Å². The van der Waals surface area contributed by atoms with Gasteiger partial charge in [0.25, 0.3) is 0 Å². The molecule has 108 valence electrons. The first-order chi connectivity index (χ1) is 10.3. The molecule has 7 nitrogen and oxygen atoms in total. The van der Waals surface area contributed by atoms with Crippen molar-refractivity contribution < 1.29 is 5.11 Å². The summed E-state index contributed by atoms with van der Waals surface area (Å²) in [5, 5.41) is 16.9. The lowest BCUT2D eigenvalue weighted by Crippen LogP contribution is -2.27. The van der Waals surface area contributed by atoms with Gasteiger partial charge >= 0.3 is 0 Å². The zero-order chi connectivity index (χ0) is 14.7. The minimum Gasteiger partial charge on any atom is -0.395 e. The number of fused-ring (bicyclic) bond motifs is 1. The first-order valence-corrected chi connectivity index (χ1v) is 6.64. The number of nitrogen functional groups attached to an aromatic ring is 1. The van der Waals surface area contributed by atoms with Crippen LogP contribution in [0.1, 0.15) is 5.56 Å². The monoisotopic (exact) mass is 284 g/mol. The Hall–Kier alpha value is -2.67. The van der Waals surface area contributed by atoms with E-state index in [2.05, 4.69) is 20.2 Å². The van der Waals surface area contributed by atoms with E-state index in [0.717, 1.165) is 10.9 Å². The Bertz CT molecular complexity index is 727. The predicted molar refractivity (Wildman–Crippen MR) is 80.7 cm³/mol. The summed E-state index contributed by atoms with van der Waals surface area (Å²) in [6, 6.07) is 9.99. The Kier molecular flexibility index (Phi) is 3.65. The van der Waals surface area contributed by atoms with Crippen molar-refractivity contribution in [3.8, 4) is 0 Å². The molecule has 3 rings (SSSR count). The van der Waals surface area contributed by atoms with Crippen LogP contribution in [0.5, 0.6) is 0 Å². The summed E-state index contributed by atoms with van der Waals surface area (Å²) in [4.78, 5) is 10.4. The van der Waals surface area contributed by atoms with Gasteiger partial charge in [-0.05, 0) is 5.56 Å². The maximum atomic E-state index is 9.33. The number of aromatic nitrogens is 4. The third kappa shape index (κ3) is 2.77. The normalized spacial score (nSPS) is 10.9. The van der Waals surface area contributed by atoms with E-state index in [0.29, 0.717) is 24.6 Å². The number of hydrogen-bond donors (Lipinski definition) is 3. The van der Waals surface area contributed by atoms with E-state index in [-0.39, 0.29) is 12.6 Å². The lowest BCUT2D eigenvalue weighted by Gasteiger charge is -2.23. The van der Waals surface area contributed by atoms with Crippen LogP contribution in [0.15, 0.2) is 36.5 Å². The molecule has 0 aliphatic heterocycles. The molecule has 0 bridgehead atoms. The maximum Gasteiger partial charge on any atom is 0.224 e. The average molecular weight is 284 g/mol. The Labute approximate surface area is 121 Å². The highest BCUT2D eigenvalue weighted by atomic mass is 16.3. The molecular weight excluding hydrogens is 268 g/mol. The quantitative estimate of drug-likeness (QED) is 0.644. The van der Waals surface area contributed by atoms with E-state index in [1.165, 1.54) is 0 Å². The number of rotatable bonds is 5. The number of nitrogens with zero attached hydrogens (tertiary/aromatic N) is 4. The molecule has 0 amide bonds. The second-order valence-electron chi connectivity index (χ2n) is 4.67. The van der Waals surface area contributed by atoms with E-state index in [1.54, 1.807) is 6.20 Å². The third-order valence-corrected chi connectivity index (χ3v) is 3.19. The summed E-state index contributed by atoms with van der Waals surface area (Å²) in [7, 11) is 0. The lowest BCUT2D eigenvalue weighted by atomic mass is 10.2. The number of aliphatic hydroxyl groups is 1. The smallest absolute Gasteiger partial charge is 0.224 e. The summed E-state index contributed by atoms with van der Waals surface area (Å²) in [6.07, 6.45) is 1.67. The molecule has 0 saturated heterocycles. The SMILES string of the molecule is Nc1nc(N(CCO)Cc2ccccc2)c2cn[nH]c2n1. The number of benzene rings is 1. The lowest BCUT2D eigenvalue weighted by molar-refractivity contribution is 0.301. The minimum atomic E-state index is 0.0239. The first-order valence-electron chi connectivity index (χ1n) is 6.64. The van der Waals surface area contributed by atoms with Crippen LogP contribution < -0.4 is 10.6 Å². The molecule has 0 fully saturated rings. The van der Waals surface area contributed by atoms with Crippen LogP contribution in [0.2, 0.25) is 0 Å². The number of nitrogens with two attached hydrogens (primary N) is 1. The van der Waals surface area contributed by atoms with Crippen LogP contribution in [0, 0.1) is 0 Å². The summed E-state index contributed by atoms with van der Waals surface area (Å²) >= 11 is 0. The maximum absolute atomic E-state index is 9.33. The fourth-order valence-corrected chi connectivity index (χ4v) is 2.26. The average Bonchev–Trinajstić information content (AvgIpc) is 2.95. The Balaban J connectivity index is 2.00. The molecule has 0 aliphatic rings. The molecule has 0 spiro atoms.